The normalized spacial score (nSPS) is 17.9. The Labute approximate surface area is 367 Å². The molecule has 2 aliphatic heterocycles. The molecular formula is C56H57N6+. The van der Waals surface area contributed by atoms with Crippen molar-refractivity contribution in [3.8, 4) is 33.9 Å². The van der Waals surface area contributed by atoms with Gasteiger partial charge in [-0.2, -0.15) is 4.58 Å². The molecule has 3 aromatic carbocycles. The van der Waals surface area contributed by atoms with Crippen LogP contribution in [0.3, 0.4) is 0 Å². The number of likely N-dealkylation sites (N-methyl/N-ethyl adjacent to an activating group) is 1. The largest absolute Gasteiger partial charge is 0.381 e. The number of anilines is 1. The van der Waals surface area contributed by atoms with E-state index < -0.39 is 0 Å². The number of allylic oxidation sites excluding steroid dienone is 7. The van der Waals surface area contributed by atoms with Gasteiger partial charge >= 0.3 is 0 Å². The fraction of sp³-hybridized carbons (Fsp3) is 0.250. The SMILES string of the molecule is CCN1/C(=C/C=C2\CCCC(/C=C/C3=[N+](CC)c4ccccc4C3(C)C)=C2NCc2ccc(-c3cc(-c4ccccn4)nc(-c4ccccn4)c3)cc2)C(C)(C)c2ccccc21. The summed E-state index contributed by atoms with van der Waals surface area (Å²) in [6.45, 7) is 16.5. The maximum atomic E-state index is 4.99. The van der Waals surface area contributed by atoms with E-state index in [9.17, 15) is 0 Å². The van der Waals surface area contributed by atoms with Gasteiger partial charge in [0, 0.05) is 65.7 Å². The van der Waals surface area contributed by atoms with Gasteiger partial charge in [-0.25, -0.2) is 4.98 Å². The molecule has 0 saturated carbocycles. The lowest BCUT2D eigenvalue weighted by Gasteiger charge is -2.27. The average molecular weight is 814 g/mol. The molecule has 0 fully saturated rings. The topological polar surface area (TPSA) is 57.0 Å². The van der Waals surface area contributed by atoms with Crippen LogP contribution in [0.1, 0.15) is 77.5 Å². The summed E-state index contributed by atoms with van der Waals surface area (Å²) in [5.74, 6) is 0. The zero-order valence-corrected chi connectivity index (χ0v) is 37.0. The molecule has 0 saturated heterocycles. The number of rotatable bonds is 11. The second kappa shape index (κ2) is 17.0. The van der Waals surface area contributed by atoms with Crippen molar-refractivity contribution in [2.75, 3.05) is 18.0 Å². The van der Waals surface area contributed by atoms with Crippen LogP contribution in [-0.4, -0.2) is 38.3 Å². The summed E-state index contributed by atoms with van der Waals surface area (Å²) in [6.07, 6.45) is 16.4. The van der Waals surface area contributed by atoms with Gasteiger partial charge in [0.15, 0.2) is 5.71 Å². The van der Waals surface area contributed by atoms with E-state index in [1.165, 1.54) is 56.3 Å². The Morgan fingerprint density at radius 3 is 1.98 bits per heavy atom. The number of hydrogen-bond donors (Lipinski definition) is 1. The highest BCUT2D eigenvalue weighted by Crippen LogP contribution is 2.48. The molecule has 1 N–H and O–H groups in total. The molecule has 62 heavy (non-hydrogen) atoms. The van der Waals surface area contributed by atoms with Crippen LogP contribution in [0, 0.1) is 0 Å². The van der Waals surface area contributed by atoms with Crippen LogP contribution in [0.2, 0.25) is 0 Å². The van der Waals surface area contributed by atoms with E-state index in [0.29, 0.717) is 6.54 Å². The van der Waals surface area contributed by atoms with E-state index in [0.717, 1.165) is 66.3 Å². The molecule has 0 radical (unpaired) electrons. The Morgan fingerprint density at radius 2 is 1.32 bits per heavy atom. The van der Waals surface area contributed by atoms with Gasteiger partial charge in [-0.1, -0.05) is 98.8 Å². The number of para-hydroxylation sites is 2. The van der Waals surface area contributed by atoms with Crippen molar-refractivity contribution < 1.29 is 4.58 Å². The van der Waals surface area contributed by atoms with Crippen LogP contribution in [0.4, 0.5) is 11.4 Å². The van der Waals surface area contributed by atoms with Gasteiger partial charge in [0.05, 0.1) is 28.2 Å². The monoisotopic (exact) mass is 813 g/mol. The third kappa shape index (κ3) is 7.64. The summed E-state index contributed by atoms with van der Waals surface area (Å²) in [6, 6.07) is 42.9. The fourth-order valence-corrected chi connectivity index (χ4v) is 9.80. The first kappa shape index (κ1) is 40.7. The van der Waals surface area contributed by atoms with Crippen molar-refractivity contribution in [3.63, 3.8) is 0 Å². The van der Waals surface area contributed by atoms with Crippen LogP contribution in [-0.2, 0) is 17.4 Å². The van der Waals surface area contributed by atoms with E-state index in [2.05, 4.69) is 176 Å². The lowest BCUT2D eigenvalue weighted by molar-refractivity contribution is -0.433. The van der Waals surface area contributed by atoms with Gasteiger partial charge in [-0.3, -0.25) is 9.97 Å². The molecule has 0 spiro atoms. The zero-order valence-electron chi connectivity index (χ0n) is 37.0. The molecule has 1 aliphatic carbocycles. The Bertz CT molecular complexity index is 2710. The minimum atomic E-state index is -0.0883. The maximum Gasteiger partial charge on any atom is 0.209 e. The highest BCUT2D eigenvalue weighted by Gasteiger charge is 2.43. The summed E-state index contributed by atoms with van der Waals surface area (Å²) in [4.78, 5) is 16.7. The highest BCUT2D eigenvalue weighted by atomic mass is 15.2. The molecule has 3 aromatic heterocycles. The minimum Gasteiger partial charge on any atom is -0.381 e. The number of benzene rings is 3. The van der Waals surface area contributed by atoms with Crippen molar-refractivity contribution in [2.45, 2.75) is 78.2 Å². The first-order valence-electron chi connectivity index (χ1n) is 22.3. The molecule has 5 heterocycles. The lowest BCUT2D eigenvalue weighted by atomic mass is 9.81. The summed E-state index contributed by atoms with van der Waals surface area (Å²) in [7, 11) is 0. The number of nitrogens with one attached hydrogen (secondary N) is 1. The molecular weight excluding hydrogens is 757 g/mol. The smallest absolute Gasteiger partial charge is 0.209 e. The summed E-state index contributed by atoms with van der Waals surface area (Å²) >= 11 is 0. The number of pyridine rings is 3. The average Bonchev–Trinajstić information content (AvgIpc) is 3.68. The minimum absolute atomic E-state index is 0.0883. The second-order valence-corrected chi connectivity index (χ2v) is 17.6. The summed E-state index contributed by atoms with van der Waals surface area (Å²) < 4.78 is 2.49. The number of fused-ring (bicyclic) bond motifs is 2. The van der Waals surface area contributed by atoms with E-state index in [4.69, 9.17) is 4.98 Å². The quantitative estimate of drug-likeness (QED) is 0.132. The van der Waals surface area contributed by atoms with E-state index >= 15 is 0 Å². The lowest BCUT2D eigenvalue weighted by Crippen LogP contribution is -2.27. The molecule has 9 rings (SSSR count). The Hall–Kier alpha value is -6.66. The van der Waals surface area contributed by atoms with E-state index in [1.54, 1.807) is 0 Å². The Morgan fingerprint density at radius 1 is 0.661 bits per heavy atom. The van der Waals surface area contributed by atoms with Crippen molar-refractivity contribution in [2.24, 2.45) is 0 Å². The number of aromatic nitrogens is 3. The number of hydrogen-bond acceptors (Lipinski definition) is 5. The van der Waals surface area contributed by atoms with Gasteiger partial charge in [-0.05, 0) is 129 Å². The maximum absolute atomic E-state index is 4.99. The molecule has 0 atom stereocenters. The summed E-state index contributed by atoms with van der Waals surface area (Å²) in [5, 5.41) is 4.00. The van der Waals surface area contributed by atoms with Crippen LogP contribution in [0.15, 0.2) is 181 Å². The van der Waals surface area contributed by atoms with Crippen molar-refractivity contribution in [1.29, 1.82) is 0 Å². The Kier molecular flexibility index (Phi) is 11.2. The standard InChI is InChI=1S/C56H56N6/c1-7-61-50-24-11-9-20-44(50)55(3,4)52(61)32-30-41-18-17-19-42(31-33-53-56(5,6)45-21-10-12-25-51(45)62(53)8-2)54(41)59-38-39-26-28-40(29-27-39)43-36-48(46-22-13-15-34-57-46)60-49(37-43)47-23-14-16-35-58-47/h9-16,20-37H,7-8,17-19,38H2,1-6H3/p+1/b41-30+,52-32+. The molecule has 0 bridgehead atoms. The first-order chi connectivity index (χ1) is 30.2. The van der Waals surface area contributed by atoms with Crippen molar-refractivity contribution in [1.82, 2.24) is 20.3 Å². The van der Waals surface area contributed by atoms with Crippen LogP contribution < -0.4 is 10.2 Å². The molecule has 3 aliphatic rings. The number of nitrogens with zero attached hydrogens (tertiary/aromatic N) is 5. The molecule has 6 nitrogen and oxygen atoms in total. The first-order valence-corrected chi connectivity index (χ1v) is 22.3. The fourth-order valence-electron chi connectivity index (χ4n) is 9.80. The van der Waals surface area contributed by atoms with Crippen LogP contribution >= 0.6 is 0 Å². The van der Waals surface area contributed by atoms with E-state index in [-0.39, 0.29) is 10.8 Å². The second-order valence-electron chi connectivity index (χ2n) is 17.6. The van der Waals surface area contributed by atoms with Crippen LogP contribution in [0.5, 0.6) is 0 Å². The molecule has 0 amide bonds. The van der Waals surface area contributed by atoms with Gasteiger partial charge < -0.3 is 10.2 Å². The summed E-state index contributed by atoms with van der Waals surface area (Å²) in [5.41, 5.74) is 18.6. The van der Waals surface area contributed by atoms with E-state index in [1.807, 2.05) is 48.8 Å². The highest BCUT2D eigenvalue weighted by molar-refractivity contribution is 6.03. The predicted molar refractivity (Wildman–Crippen MR) is 257 cm³/mol. The van der Waals surface area contributed by atoms with Gasteiger partial charge in [0.25, 0.3) is 0 Å². The molecule has 6 aromatic rings. The third-order valence-corrected chi connectivity index (χ3v) is 13.1. The van der Waals surface area contributed by atoms with Gasteiger partial charge in [0.2, 0.25) is 5.69 Å². The zero-order chi connectivity index (χ0) is 42.8. The molecule has 0 unspecified atom stereocenters. The van der Waals surface area contributed by atoms with Crippen molar-refractivity contribution in [3.05, 3.63) is 197 Å². The van der Waals surface area contributed by atoms with Gasteiger partial charge in [0.1, 0.15) is 6.54 Å². The van der Waals surface area contributed by atoms with Crippen LogP contribution in [0.25, 0.3) is 33.9 Å². The predicted octanol–water partition coefficient (Wildman–Crippen LogP) is 12.7. The molecule has 6 heteroatoms. The third-order valence-electron chi connectivity index (χ3n) is 13.1. The molecule has 310 valence electrons. The van der Waals surface area contributed by atoms with Gasteiger partial charge in [-0.15, -0.1) is 0 Å². The van der Waals surface area contributed by atoms with Crippen molar-refractivity contribution >= 4 is 17.1 Å². The Balaban J connectivity index is 1.06.